The van der Waals surface area contributed by atoms with E-state index in [4.69, 9.17) is 4.74 Å². The second kappa shape index (κ2) is 10.2. The summed E-state index contributed by atoms with van der Waals surface area (Å²) in [5.74, 6) is 0.602. The quantitative estimate of drug-likeness (QED) is 0.581. The average Bonchev–Trinajstić information content (AvgIpc) is 3.33. The van der Waals surface area contributed by atoms with E-state index in [1.165, 1.54) is 38.4 Å². The molecular weight excluding hydrogens is 476 g/mol. The lowest BCUT2D eigenvalue weighted by molar-refractivity contribution is 0.164. The smallest absolute Gasteiger partial charge is 0.261 e. The summed E-state index contributed by atoms with van der Waals surface area (Å²) in [6.45, 7) is 6.19. The third-order valence-corrected chi connectivity index (χ3v) is 9.53. The van der Waals surface area contributed by atoms with Gasteiger partial charge in [0.1, 0.15) is 0 Å². The molecule has 2 saturated heterocycles. The molecule has 1 unspecified atom stereocenters. The van der Waals surface area contributed by atoms with Crippen LogP contribution in [0, 0.1) is 5.92 Å². The summed E-state index contributed by atoms with van der Waals surface area (Å²) >= 11 is 0. The molecule has 0 bridgehead atoms. The normalized spacial score (nSPS) is 20.1. The molecule has 0 aliphatic carbocycles. The number of para-hydroxylation sites is 2. The molecule has 2 aromatic rings. The molecule has 1 N–H and O–H groups in total. The van der Waals surface area contributed by atoms with Gasteiger partial charge in [-0.25, -0.2) is 21.1 Å². The first kappa shape index (κ1) is 24.9. The molecule has 9 nitrogen and oxygen atoms in total. The van der Waals surface area contributed by atoms with Crippen LogP contribution in [-0.4, -0.2) is 86.1 Å². The molecule has 4 rings (SSSR count). The highest BCUT2D eigenvalue weighted by atomic mass is 32.2. The Balaban J connectivity index is 1.45. The van der Waals surface area contributed by atoms with Gasteiger partial charge in [-0.3, -0.25) is 9.62 Å². The third-order valence-electron chi connectivity index (χ3n) is 6.31. The van der Waals surface area contributed by atoms with Gasteiger partial charge in [-0.05, 0) is 48.7 Å². The van der Waals surface area contributed by atoms with Gasteiger partial charge in [0.25, 0.3) is 10.0 Å². The first-order chi connectivity index (χ1) is 16.2. The molecule has 2 aromatic carbocycles. The van der Waals surface area contributed by atoms with Gasteiger partial charge < -0.3 is 9.64 Å². The van der Waals surface area contributed by atoms with Crippen LogP contribution in [0.15, 0.2) is 58.3 Å². The summed E-state index contributed by atoms with van der Waals surface area (Å²) in [5.41, 5.74) is 1.34. The fourth-order valence-electron chi connectivity index (χ4n) is 4.30. The maximum atomic E-state index is 13.1. The van der Waals surface area contributed by atoms with E-state index in [2.05, 4.69) is 14.5 Å². The van der Waals surface area contributed by atoms with Crippen molar-refractivity contribution in [2.24, 2.45) is 5.92 Å². The van der Waals surface area contributed by atoms with Gasteiger partial charge in [-0.2, -0.15) is 0 Å². The van der Waals surface area contributed by atoms with Gasteiger partial charge in [0.15, 0.2) is 0 Å². The Hall–Kier alpha value is -2.18. The minimum absolute atomic E-state index is 0.00334. The predicted molar refractivity (Wildman–Crippen MR) is 132 cm³/mol. The Morgan fingerprint density at radius 2 is 1.59 bits per heavy atom. The Labute approximate surface area is 202 Å². The SMILES string of the molecule is CN(C)S(=O)(=O)c1ccc(S(=O)(=O)Nc2ccccc2N2CCN(CC3CCOC3)CC2)cc1. The number of hydrogen-bond donors (Lipinski definition) is 1. The second-order valence-corrected chi connectivity index (χ2v) is 12.7. The lowest BCUT2D eigenvalue weighted by Gasteiger charge is -2.37. The summed E-state index contributed by atoms with van der Waals surface area (Å²) in [6, 6.07) is 12.6. The molecule has 11 heteroatoms. The van der Waals surface area contributed by atoms with Crippen LogP contribution in [0.4, 0.5) is 11.4 Å². The van der Waals surface area contributed by atoms with Crippen LogP contribution in [0.3, 0.4) is 0 Å². The van der Waals surface area contributed by atoms with Crippen LogP contribution >= 0.6 is 0 Å². The molecule has 2 heterocycles. The first-order valence-electron chi connectivity index (χ1n) is 11.4. The summed E-state index contributed by atoms with van der Waals surface area (Å²) in [6.07, 6.45) is 1.12. The number of hydrogen-bond acceptors (Lipinski definition) is 7. The molecule has 0 radical (unpaired) electrons. The Morgan fingerprint density at radius 1 is 0.941 bits per heavy atom. The second-order valence-electron chi connectivity index (χ2n) is 8.90. The molecule has 34 heavy (non-hydrogen) atoms. The number of benzene rings is 2. The zero-order valence-electron chi connectivity index (χ0n) is 19.6. The predicted octanol–water partition coefficient (Wildman–Crippen LogP) is 1.90. The van der Waals surface area contributed by atoms with Crippen LogP contribution < -0.4 is 9.62 Å². The van der Waals surface area contributed by atoms with Gasteiger partial charge in [0, 0.05) is 53.4 Å². The molecule has 0 saturated carbocycles. The highest BCUT2D eigenvalue weighted by Gasteiger charge is 2.25. The number of ether oxygens (including phenoxy) is 1. The van der Waals surface area contributed by atoms with Crippen molar-refractivity contribution in [1.29, 1.82) is 0 Å². The van der Waals surface area contributed by atoms with E-state index in [9.17, 15) is 16.8 Å². The first-order valence-corrected chi connectivity index (χ1v) is 14.3. The summed E-state index contributed by atoms with van der Waals surface area (Å²) in [4.78, 5) is 4.69. The van der Waals surface area contributed by atoms with E-state index in [1.807, 2.05) is 12.1 Å². The van der Waals surface area contributed by atoms with Gasteiger partial charge in [-0.1, -0.05) is 12.1 Å². The van der Waals surface area contributed by atoms with Crippen molar-refractivity contribution < 1.29 is 21.6 Å². The van der Waals surface area contributed by atoms with Gasteiger partial charge in [0.2, 0.25) is 10.0 Å². The molecule has 1 atom stereocenters. The largest absolute Gasteiger partial charge is 0.381 e. The minimum Gasteiger partial charge on any atom is -0.381 e. The van der Waals surface area contributed by atoms with E-state index in [1.54, 1.807) is 12.1 Å². The molecule has 2 aliphatic rings. The van der Waals surface area contributed by atoms with Crippen molar-refractivity contribution in [3.05, 3.63) is 48.5 Å². The maximum absolute atomic E-state index is 13.1. The van der Waals surface area contributed by atoms with Crippen molar-refractivity contribution in [2.45, 2.75) is 16.2 Å². The molecule has 0 spiro atoms. The Morgan fingerprint density at radius 3 is 2.21 bits per heavy atom. The van der Waals surface area contributed by atoms with Crippen LogP contribution in [0.2, 0.25) is 0 Å². The minimum atomic E-state index is -3.89. The van der Waals surface area contributed by atoms with Crippen LogP contribution in [0.5, 0.6) is 0 Å². The van der Waals surface area contributed by atoms with Crippen molar-refractivity contribution in [3.63, 3.8) is 0 Å². The van der Waals surface area contributed by atoms with Crippen LogP contribution in [0.25, 0.3) is 0 Å². The summed E-state index contributed by atoms with van der Waals surface area (Å²) < 4.78 is 59.9. The third kappa shape index (κ3) is 5.55. The zero-order valence-corrected chi connectivity index (χ0v) is 21.2. The van der Waals surface area contributed by atoms with Crippen molar-refractivity contribution in [2.75, 3.05) is 69.7 Å². The highest BCUT2D eigenvalue weighted by Crippen LogP contribution is 2.29. The van der Waals surface area contributed by atoms with Crippen molar-refractivity contribution in [3.8, 4) is 0 Å². The summed E-state index contributed by atoms with van der Waals surface area (Å²) in [5, 5.41) is 0. The molecule has 2 aliphatic heterocycles. The zero-order chi connectivity index (χ0) is 24.3. The Kier molecular flexibility index (Phi) is 7.48. The maximum Gasteiger partial charge on any atom is 0.261 e. The van der Waals surface area contributed by atoms with Crippen molar-refractivity contribution >= 4 is 31.4 Å². The number of rotatable bonds is 8. The monoisotopic (exact) mass is 508 g/mol. The summed E-state index contributed by atoms with van der Waals surface area (Å²) in [7, 11) is -4.66. The number of piperazine rings is 1. The highest BCUT2D eigenvalue weighted by molar-refractivity contribution is 7.92. The van der Waals surface area contributed by atoms with Crippen molar-refractivity contribution in [1.82, 2.24) is 9.21 Å². The number of nitrogens with one attached hydrogen (secondary N) is 1. The average molecular weight is 509 g/mol. The molecule has 2 fully saturated rings. The Bertz CT molecular complexity index is 1190. The van der Waals surface area contributed by atoms with Crippen LogP contribution in [0.1, 0.15) is 6.42 Å². The lowest BCUT2D eigenvalue weighted by atomic mass is 10.1. The molecule has 186 valence electrons. The number of nitrogens with zero attached hydrogens (tertiary/aromatic N) is 3. The van der Waals surface area contributed by atoms with Crippen LogP contribution in [-0.2, 0) is 24.8 Å². The van der Waals surface area contributed by atoms with Gasteiger partial charge in [-0.15, -0.1) is 0 Å². The van der Waals surface area contributed by atoms with Gasteiger partial charge in [0.05, 0.1) is 27.8 Å². The fraction of sp³-hybridized carbons (Fsp3) is 0.478. The van der Waals surface area contributed by atoms with E-state index in [0.717, 1.165) is 62.4 Å². The lowest BCUT2D eigenvalue weighted by Crippen LogP contribution is -2.48. The van der Waals surface area contributed by atoms with E-state index in [0.29, 0.717) is 11.6 Å². The standard InChI is InChI=1S/C23H32N4O5S2/c1-25(2)34(30,31)21-9-7-20(8-10-21)33(28,29)24-22-5-3-4-6-23(22)27-14-12-26(13-15-27)17-19-11-16-32-18-19/h3-10,19,24H,11-18H2,1-2H3. The van der Waals surface area contributed by atoms with E-state index >= 15 is 0 Å². The van der Waals surface area contributed by atoms with E-state index in [-0.39, 0.29) is 9.79 Å². The van der Waals surface area contributed by atoms with Gasteiger partial charge >= 0.3 is 0 Å². The molecule has 0 amide bonds. The fourth-order valence-corrected chi connectivity index (χ4v) is 6.28. The molecule has 0 aromatic heterocycles. The topological polar surface area (TPSA) is 99.3 Å². The molecular formula is C23H32N4O5S2. The van der Waals surface area contributed by atoms with E-state index < -0.39 is 20.0 Å². The number of anilines is 2. The number of sulfonamides is 2.